The van der Waals surface area contributed by atoms with Crippen molar-refractivity contribution in [1.29, 1.82) is 0 Å². The summed E-state index contributed by atoms with van der Waals surface area (Å²) in [7, 11) is 0. The second-order valence-electron chi connectivity index (χ2n) is 3.52. The van der Waals surface area contributed by atoms with Crippen molar-refractivity contribution in [2.75, 3.05) is 0 Å². The van der Waals surface area contributed by atoms with Gasteiger partial charge in [-0.2, -0.15) is 0 Å². The molecule has 0 aromatic rings. The maximum atomic E-state index is 10.8. The molecule has 0 heterocycles. The molecule has 64 valence electrons. The lowest BCUT2D eigenvalue weighted by atomic mass is 10.2. The summed E-state index contributed by atoms with van der Waals surface area (Å²) in [5, 5.41) is 2.96. The monoisotopic (exact) mass is 163 g/mol. The molecule has 1 N–H and O–H groups in total. The zero-order chi connectivity index (χ0) is 8.55. The number of rotatable bonds is 1. The molecule has 0 saturated heterocycles. The molecule has 1 amide bonds. The maximum Gasteiger partial charge on any atom is 0.217 e. The Balaban J connectivity index is 1.95. The van der Waals surface area contributed by atoms with Crippen molar-refractivity contribution in [2.24, 2.45) is 11.8 Å². The zero-order valence-corrected chi connectivity index (χ0v) is 7.16. The van der Waals surface area contributed by atoms with Crippen molar-refractivity contribution in [2.45, 2.75) is 19.4 Å². The first-order valence-electron chi connectivity index (χ1n) is 4.39. The summed E-state index contributed by atoms with van der Waals surface area (Å²) in [5.41, 5.74) is 0. The van der Waals surface area contributed by atoms with Crippen LogP contribution in [0.1, 0.15) is 13.3 Å². The van der Waals surface area contributed by atoms with Gasteiger partial charge in [-0.05, 0) is 12.3 Å². The Morgan fingerprint density at radius 2 is 2.33 bits per heavy atom. The highest BCUT2D eigenvalue weighted by molar-refractivity contribution is 5.73. The highest BCUT2D eigenvalue weighted by Gasteiger charge is 2.48. The molecule has 1 saturated carbocycles. The Morgan fingerprint density at radius 3 is 3.08 bits per heavy atom. The molecule has 0 aromatic heterocycles. The van der Waals surface area contributed by atoms with Crippen LogP contribution in [0.4, 0.5) is 0 Å². The maximum absolute atomic E-state index is 10.8. The van der Waals surface area contributed by atoms with Crippen LogP contribution in [-0.2, 0) is 4.79 Å². The molecule has 0 radical (unpaired) electrons. The predicted molar refractivity (Wildman–Crippen MR) is 47.5 cm³/mol. The molecule has 2 nitrogen and oxygen atoms in total. The van der Waals surface area contributed by atoms with Crippen molar-refractivity contribution in [3.05, 3.63) is 24.3 Å². The van der Waals surface area contributed by atoms with Gasteiger partial charge in [0.2, 0.25) is 5.91 Å². The minimum atomic E-state index is 0.0884. The van der Waals surface area contributed by atoms with E-state index in [4.69, 9.17) is 0 Å². The van der Waals surface area contributed by atoms with Gasteiger partial charge in [-0.15, -0.1) is 0 Å². The van der Waals surface area contributed by atoms with Crippen LogP contribution in [-0.4, -0.2) is 11.9 Å². The third-order valence-corrected chi connectivity index (χ3v) is 2.59. The van der Waals surface area contributed by atoms with E-state index in [9.17, 15) is 4.79 Å². The number of carbonyl (C=O) groups is 1. The number of carbonyl (C=O) groups excluding carboxylic acids is 1. The quantitative estimate of drug-likeness (QED) is 0.619. The molecule has 0 aromatic carbocycles. The Kier molecular flexibility index (Phi) is 1.75. The number of fused-ring (bicyclic) bond motifs is 1. The summed E-state index contributed by atoms with van der Waals surface area (Å²) in [6.07, 6.45) is 9.61. The third kappa shape index (κ3) is 1.29. The number of hydrogen-bond donors (Lipinski definition) is 1. The van der Waals surface area contributed by atoms with Gasteiger partial charge in [0.05, 0.1) is 0 Å². The fourth-order valence-corrected chi connectivity index (χ4v) is 1.91. The SMILES string of the molecule is CC(=O)NC1C2C=CC=CCC21. The van der Waals surface area contributed by atoms with Crippen molar-refractivity contribution >= 4 is 5.91 Å². The number of allylic oxidation sites excluding steroid dienone is 3. The smallest absolute Gasteiger partial charge is 0.217 e. The molecule has 1 fully saturated rings. The van der Waals surface area contributed by atoms with E-state index >= 15 is 0 Å². The molecule has 3 atom stereocenters. The summed E-state index contributed by atoms with van der Waals surface area (Å²) >= 11 is 0. The van der Waals surface area contributed by atoms with E-state index in [1.165, 1.54) is 0 Å². The average molecular weight is 163 g/mol. The van der Waals surface area contributed by atoms with E-state index in [0.717, 1.165) is 6.42 Å². The third-order valence-electron chi connectivity index (χ3n) is 2.59. The van der Waals surface area contributed by atoms with Crippen LogP contribution in [0.2, 0.25) is 0 Å². The topological polar surface area (TPSA) is 29.1 Å². The lowest BCUT2D eigenvalue weighted by Gasteiger charge is -1.98. The normalized spacial score (nSPS) is 36.9. The summed E-state index contributed by atoms with van der Waals surface area (Å²) in [6, 6.07) is 0.406. The van der Waals surface area contributed by atoms with Crippen molar-refractivity contribution in [1.82, 2.24) is 5.32 Å². The second-order valence-corrected chi connectivity index (χ2v) is 3.52. The van der Waals surface area contributed by atoms with Gasteiger partial charge >= 0.3 is 0 Å². The Morgan fingerprint density at radius 1 is 1.50 bits per heavy atom. The van der Waals surface area contributed by atoms with Gasteiger partial charge in [0.25, 0.3) is 0 Å². The van der Waals surface area contributed by atoms with Gasteiger partial charge < -0.3 is 5.32 Å². The van der Waals surface area contributed by atoms with Crippen molar-refractivity contribution in [3.63, 3.8) is 0 Å². The lowest BCUT2D eigenvalue weighted by Crippen LogP contribution is -2.24. The minimum absolute atomic E-state index is 0.0884. The molecular formula is C10H13NO. The van der Waals surface area contributed by atoms with Crippen LogP contribution in [0.15, 0.2) is 24.3 Å². The first-order chi connectivity index (χ1) is 5.79. The molecule has 0 aliphatic heterocycles. The van der Waals surface area contributed by atoms with E-state index in [0.29, 0.717) is 17.9 Å². The molecule has 2 heteroatoms. The Bertz CT molecular complexity index is 255. The molecule has 0 spiro atoms. The standard InChI is InChI=1S/C10H13NO/c1-7(12)11-10-8-5-3-2-4-6-9(8)10/h2-5,8-10H,6H2,1H3,(H,11,12). The first-order valence-corrected chi connectivity index (χ1v) is 4.39. The number of hydrogen-bond acceptors (Lipinski definition) is 1. The second kappa shape index (κ2) is 2.77. The van der Waals surface area contributed by atoms with E-state index < -0.39 is 0 Å². The lowest BCUT2D eigenvalue weighted by molar-refractivity contribution is -0.119. The number of amides is 1. The van der Waals surface area contributed by atoms with E-state index in [1.54, 1.807) is 6.92 Å². The van der Waals surface area contributed by atoms with Crippen LogP contribution in [0.5, 0.6) is 0 Å². The molecule has 2 aliphatic rings. The van der Waals surface area contributed by atoms with Crippen molar-refractivity contribution < 1.29 is 4.79 Å². The highest BCUT2D eigenvalue weighted by atomic mass is 16.1. The van der Waals surface area contributed by atoms with E-state index in [-0.39, 0.29) is 5.91 Å². The summed E-state index contributed by atoms with van der Waals surface area (Å²) in [6.45, 7) is 1.58. The Labute approximate surface area is 72.3 Å². The molecule has 3 unspecified atom stereocenters. The summed E-state index contributed by atoms with van der Waals surface area (Å²) < 4.78 is 0. The van der Waals surface area contributed by atoms with Gasteiger partial charge in [0.15, 0.2) is 0 Å². The highest BCUT2D eigenvalue weighted by Crippen LogP contribution is 2.44. The Hall–Kier alpha value is -1.05. The van der Waals surface area contributed by atoms with Gasteiger partial charge in [-0.1, -0.05) is 24.3 Å². The van der Waals surface area contributed by atoms with Gasteiger partial charge in [-0.25, -0.2) is 0 Å². The van der Waals surface area contributed by atoms with Gasteiger partial charge in [0, 0.05) is 18.9 Å². The minimum Gasteiger partial charge on any atom is -0.353 e. The summed E-state index contributed by atoms with van der Waals surface area (Å²) in [5.74, 6) is 1.33. The molecule has 2 rings (SSSR count). The fraction of sp³-hybridized carbons (Fsp3) is 0.500. The van der Waals surface area contributed by atoms with Crippen LogP contribution >= 0.6 is 0 Å². The molecule has 2 aliphatic carbocycles. The van der Waals surface area contributed by atoms with Crippen LogP contribution in [0, 0.1) is 11.8 Å². The molecular weight excluding hydrogens is 150 g/mol. The van der Waals surface area contributed by atoms with Crippen molar-refractivity contribution in [3.8, 4) is 0 Å². The number of nitrogens with one attached hydrogen (secondary N) is 1. The predicted octanol–water partition coefficient (Wildman–Crippen LogP) is 1.25. The van der Waals surface area contributed by atoms with E-state index in [2.05, 4.69) is 29.6 Å². The van der Waals surface area contributed by atoms with Crippen LogP contribution in [0.3, 0.4) is 0 Å². The average Bonchev–Trinajstić information content (AvgIpc) is 2.66. The van der Waals surface area contributed by atoms with Crippen LogP contribution < -0.4 is 5.32 Å². The summed E-state index contributed by atoms with van der Waals surface area (Å²) in [4.78, 5) is 10.8. The zero-order valence-electron chi connectivity index (χ0n) is 7.16. The first kappa shape index (κ1) is 7.59. The largest absolute Gasteiger partial charge is 0.353 e. The van der Waals surface area contributed by atoms with Gasteiger partial charge in [-0.3, -0.25) is 4.79 Å². The molecule has 12 heavy (non-hydrogen) atoms. The molecule has 0 bridgehead atoms. The van der Waals surface area contributed by atoms with E-state index in [1.807, 2.05) is 0 Å². The fourth-order valence-electron chi connectivity index (χ4n) is 1.91. The van der Waals surface area contributed by atoms with Crippen LogP contribution in [0.25, 0.3) is 0 Å². The van der Waals surface area contributed by atoms with Gasteiger partial charge in [0.1, 0.15) is 0 Å².